The van der Waals surface area contributed by atoms with E-state index < -0.39 is 0 Å². The number of rotatable bonds is 1. The summed E-state index contributed by atoms with van der Waals surface area (Å²) in [6, 6.07) is 14.6. The Bertz CT molecular complexity index is 731. The van der Waals surface area contributed by atoms with Crippen molar-refractivity contribution in [1.82, 2.24) is 4.90 Å². The zero-order chi connectivity index (χ0) is 14.1. The van der Waals surface area contributed by atoms with Gasteiger partial charge in [-0.25, -0.2) is 0 Å². The Morgan fingerprint density at radius 1 is 1.15 bits per heavy atom. The molecule has 1 aliphatic rings. The number of carbonyl (C=O) groups excluding carboxylic acids is 1. The fraction of sp³-hybridized carbons (Fsp3) is 0.125. The summed E-state index contributed by atoms with van der Waals surface area (Å²) in [5, 5.41) is 8.89. The van der Waals surface area contributed by atoms with E-state index in [1.807, 2.05) is 18.2 Å². The third-order valence-corrected chi connectivity index (χ3v) is 3.48. The number of nitrogen functional groups attached to an aromatic ring is 1. The molecule has 2 aromatic carbocycles. The molecule has 98 valence electrons. The van der Waals surface area contributed by atoms with Crippen molar-refractivity contribution in [2.24, 2.45) is 0 Å². The summed E-state index contributed by atoms with van der Waals surface area (Å²) < 4.78 is 0. The molecule has 0 saturated heterocycles. The highest BCUT2D eigenvalue weighted by molar-refractivity contribution is 5.94. The number of nitriles is 1. The topological polar surface area (TPSA) is 70.1 Å². The fourth-order valence-electron chi connectivity index (χ4n) is 2.46. The summed E-state index contributed by atoms with van der Waals surface area (Å²) in [6.45, 7) is 1.15. The number of nitrogens with two attached hydrogens (primary N) is 1. The highest BCUT2D eigenvalue weighted by Gasteiger charge is 2.24. The molecule has 0 saturated carbocycles. The van der Waals surface area contributed by atoms with Crippen molar-refractivity contribution in [3.63, 3.8) is 0 Å². The molecule has 0 unspecified atom stereocenters. The number of benzene rings is 2. The van der Waals surface area contributed by atoms with Crippen LogP contribution >= 0.6 is 0 Å². The van der Waals surface area contributed by atoms with Crippen LogP contribution in [0.2, 0.25) is 0 Å². The highest BCUT2D eigenvalue weighted by atomic mass is 16.2. The summed E-state index contributed by atoms with van der Waals surface area (Å²) in [7, 11) is 0. The maximum absolute atomic E-state index is 12.5. The van der Waals surface area contributed by atoms with Crippen molar-refractivity contribution >= 4 is 11.6 Å². The van der Waals surface area contributed by atoms with Crippen LogP contribution in [-0.4, -0.2) is 10.8 Å². The fourth-order valence-corrected chi connectivity index (χ4v) is 2.46. The molecule has 0 bridgehead atoms. The molecular weight excluding hydrogens is 250 g/mol. The Hall–Kier alpha value is -2.80. The minimum Gasteiger partial charge on any atom is -0.399 e. The van der Waals surface area contributed by atoms with Crippen LogP contribution in [0.1, 0.15) is 27.0 Å². The molecule has 0 aromatic heterocycles. The molecular formula is C16H13N3O. The molecule has 1 amide bonds. The summed E-state index contributed by atoms with van der Waals surface area (Å²) in [6.07, 6.45) is 0. The van der Waals surface area contributed by atoms with Crippen molar-refractivity contribution < 1.29 is 4.79 Å². The number of hydrogen-bond acceptors (Lipinski definition) is 3. The second-order valence-electron chi connectivity index (χ2n) is 4.88. The predicted octanol–water partition coefficient (Wildman–Crippen LogP) is 2.30. The van der Waals surface area contributed by atoms with Crippen LogP contribution in [0, 0.1) is 11.3 Å². The van der Waals surface area contributed by atoms with E-state index >= 15 is 0 Å². The zero-order valence-corrected chi connectivity index (χ0v) is 10.8. The third-order valence-electron chi connectivity index (χ3n) is 3.48. The van der Waals surface area contributed by atoms with Gasteiger partial charge < -0.3 is 10.6 Å². The van der Waals surface area contributed by atoms with Gasteiger partial charge in [0.05, 0.1) is 11.6 Å². The molecule has 2 aromatic rings. The van der Waals surface area contributed by atoms with Crippen LogP contribution in [0.25, 0.3) is 0 Å². The van der Waals surface area contributed by atoms with E-state index in [1.165, 1.54) is 0 Å². The molecule has 4 heteroatoms. The van der Waals surface area contributed by atoms with Crippen molar-refractivity contribution in [2.75, 3.05) is 5.73 Å². The smallest absolute Gasteiger partial charge is 0.254 e. The quantitative estimate of drug-likeness (QED) is 0.802. The maximum Gasteiger partial charge on any atom is 0.254 e. The lowest BCUT2D eigenvalue weighted by atomic mass is 10.1. The normalized spacial score (nSPS) is 12.8. The van der Waals surface area contributed by atoms with Gasteiger partial charge in [-0.2, -0.15) is 5.26 Å². The minimum atomic E-state index is -0.0585. The van der Waals surface area contributed by atoms with E-state index in [0.29, 0.717) is 29.9 Å². The molecule has 20 heavy (non-hydrogen) atoms. The molecule has 1 aliphatic heterocycles. The number of hydrogen-bond donors (Lipinski definition) is 1. The largest absolute Gasteiger partial charge is 0.399 e. The first-order valence-electron chi connectivity index (χ1n) is 6.34. The first kappa shape index (κ1) is 12.2. The molecule has 1 heterocycles. The SMILES string of the molecule is N#Cc1cccc(C(=O)N2Cc3ccc(N)cc3C2)c1. The Morgan fingerprint density at radius 3 is 2.75 bits per heavy atom. The van der Waals surface area contributed by atoms with Crippen LogP contribution in [-0.2, 0) is 13.1 Å². The van der Waals surface area contributed by atoms with E-state index in [1.54, 1.807) is 29.2 Å². The average molecular weight is 263 g/mol. The Morgan fingerprint density at radius 2 is 1.95 bits per heavy atom. The predicted molar refractivity (Wildman–Crippen MR) is 75.6 cm³/mol. The van der Waals surface area contributed by atoms with Gasteiger partial charge in [-0.3, -0.25) is 4.79 Å². The highest BCUT2D eigenvalue weighted by Crippen LogP contribution is 2.26. The van der Waals surface area contributed by atoms with Crippen LogP contribution in [0.5, 0.6) is 0 Å². The van der Waals surface area contributed by atoms with E-state index in [9.17, 15) is 4.79 Å². The number of anilines is 1. The van der Waals surface area contributed by atoms with Gasteiger partial charge in [0.25, 0.3) is 5.91 Å². The second-order valence-corrected chi connectivity index (χ2v) is 4.88. The van der Waals surface area contributed by atoms with Gasteiger partial charge in [0.2, 0.25) is 0 Å². The van der Waals surface area contributed by atoms with E-state index in [0.717, 1.165) is 11.1 Å². The zero-order valence-electron chi connectivity index (χ0n) is 10.8. The first-order valence-corrected chi connectivity index (χ1v) is 6.34. The van der Waals surface area contributed by atoms with Gasteiger partial charge in [0.15, 0.2) is 0 Å². The lowest BCUT2D eigenvalue weighted by Gasteiger charge is -2.15. The van der Waals surface area contributed by atoms with Gasteiger partial charge in [-0.1, -0.05) is 12.1 Å². The maximum atomic E-state index is 12.5. The molecule has 0 radical (unpaired) electrons. The molecule has 4 nitrogen and oxygen atoms in total. The van der Waals surface area contributed by atoms with Gasteiger partial charge in [0.1, 0.15) is 0 Å². The number of fused-ring (bicyclic) bond motifs is 1. The summed E-state index contributed by atoms with van der Waals surface area (Å²) >= 11 is 0. The average Bonchev–Trinajstić information content (AvgIpc) is 2.89. The standard InChI is InChI=1S/C16H13N3O/c17-8-11-2-1-3-12(6-11)16(20)19-9-13-4-5-15(18)7-14(13)10-19/h1-7H,9-10,18H2. The third kappa shape index (κ3) is 2.10. The van der Waals surface area contributed by atoms with Gasteiger partial charge in [-0.15, -0.1) is 0 Å². The van der Waals surface area contributed by atoms with Crippen molar-refractivity contribution in [3.8, 4) is 6.07 Å². The van der Waals surface area contributed by atoms with Crippen LogP contribution in [0.3, 0.4) is 0 Å². The summed E-state index contributed by atoms with van der Waals surface area (Å²) in [5.41, 5.74) is 9.74. The van der Waals surface area contributed by atoms with Crippen LogP contribution < -0.4 is 5.73 Å². The molecule has 2 N–H and O–H groups in total. The lowest BCUT2D eigenvalue weighted by molar-refractivity contribution is 0.0751. The number of nitrogens with zero attached hydrogens (tertiary/aromatic N) is 2. The Kier molecular flexibility index (Phi) is 2.88. The first-order chi connectivity index (χ1) is 9.67. The second kappa shape index (κ2) is 4.71. The summed E-state index contributed by atoms with van der Waals surface area (Å²) in [5.74, 6) is -0.0585. The number of amides is 1. The minimum absolute atomic E-state index is 0.0585. The molecule has 0 spiro atoms. The lowest BCUT2D eigenvalue weighted by Crippen LogP contribution is -2.25. The molecule has 0 aliphatic carbocycles. The Balaban J connectivity index is 1.85. The van der Waals surface area contributed by atoms with Crippen molar-refractivity contribution in [1.29, 1.82) is 5.26 Å². The van der Waals surface area contributed by atoms with Gasteiger partial charge in [0, 0.05) is 24.3 Å². The molecule has 0 fully saturated rings. The van der Waals surface area contributed by atoms with Crippen molar-refractivity contribution in [2.45, 2.75) is 13.1 Å². The van der Waals surface area contributed by atoms with Gasteiger partial charge in [-0.05, 0) is 41.5 Å². The van der Waals surface area contributed by atoms with Crippen LogP contribution in [0.15, 0.2) is 42.5 Å². The van der Waals surface area contributed by atoms with E-state index in [2.05, 4.69) is 6.07 Å². The summed E-state index contributed by atoms with van der Waals surface area (Å²) in [4.78, 5) is 14.2. The number of carbonyl (C=O) groups is 1. The van der Waals surface area contributed by atoms with Crippen molar-refractivity contribution in [3.05, 3.63) is 64.7 Å². The molecule has 0 atom stereocenters. The Labute approximate surface area is 117 Å². The van der Waals surface area contributed by atoms with Crippen LogP contribution in [0.4, 0.5) is 5.69 Å². The monoisotopic (exact) mass is 263 g/mol. The van der Waals surface area contributed by atoms with Gasteiger partial charge >= 0.3 is 0 Å². The van der Waals surface area contributed by atoms with E-state index in [-0.39, 0.29) is 5.91 Å². The van der Waals surface area contributed by atoms with E-state index in [4.69, 9.17) is 11.0 Å². The molecule has 3 rings (SSSR count).